The summed E-state index contributed by atoms with van der Waals surface area (Å²) in [5.41, 5.74) is 0.866. The predicted molar refractivity (Wildman–Crippen MR) is 74.5 cm³/mol. The van der Waals surface area contributed by atoms with E-state index in [0.29, 0.717) is 0 Å². The highest BCUT2D eigenvalue weighted by Crippen LogP contribution is 2.00. The van der Waals surface area contributed by atoms with Crippen LogP contribution < -0.4 is 5.32 Å². The molecule has 21 heavy (non-hydrogen) atoms. The molecule has 0 aromatic heterocycles. The van der Waals surface area contributed by atoms with Gasteiger partial charge in [0.2, 0.25) is 5.91 Å². The third-order valence-corrected chi connectivity index (χ3v) is 2.62. The Labute approximate surface area is 122 Å². The Morgan fingerprint density at radius 3 is 2.52 bits per heavy atom. The number of carboxylic acids is 1. The number of hydrogen-bond acceptors (Lipinski definition) is 4. The number of amides is 2. The maximum Gasteiger partial charge on any atom is 0.407 e. The number of nitrogens with one attached hydrogen (secondary N) is 1. The summed E-state index contributed by atoms with van der Waals surface area (Å²) in [6.07, 6.45) is -0.600. The summed E-state index contributed by atoms with van der Waals surface area (Å²) in [4.78, 5) is 34.4. The molecule has 2 N–H and O–H groups in total. The maximum atomic E-state index is 11.5. The SMILES string of the molecule is CN(CC(=O)O)C(=O)CCNC(=O)OCc1ccccc1. The standard InChI is InChI=1S/C14H18N2O5/c1-16(9-13(18)19)12(17)7-8-15-14(20)21-10-11-5-3-2-4-6-11/h2-6H,7-10H2,1H3,(H,15,20)(H,18,19). The largest absolute Gasteiger partial charge is 0.480 e. The summed E-state index contributed by atoms with van der Waals surface area (Å²) >= 11 is 0. The summed E-state index contributed by atoms with van der Waals surface area (Å²) in [6.45, 7) is -0.118. The van der Waals surface area contributed by atoms with Gasteiger partial charge in [0, 0.05) is 20.0 Å². The van der Waals surface area contributed by atoms with Gasteiger partial charge in [-0.05, 0) is 5.56 Å². The molecule has 0 heterocycles. The number of ether oxygens (including phenoxy) is 1. The van der Waals surface area contributed by atoms with E-state index in [1.807, 2.05) is 30.3 Å². The van der Waals surface area contributed by atoms with Gasteiger partial charge in [-0.3, -0.25) is 9.59 Å². The Balaban J connectivity index is 2.18. The number of nitrogens with zero attached hydrogens (tertiary/aromatic N) is 1. The average molecular weight is 294 g/mol. The lowest BCUT2D eigenvalue weighted by Gasteiger charge is -2.14. The van der Waals surface area contributed by atoms with Gasteiger partial charge in [-0.25, -0.2) is 4.79 Å². The van der Waals surface area contributed by atoms with E-state index in [4.69, 9.17) is 9.84 Å². The van der Waals surface area contributed by atoms with Crippen LogP contribution in [0.3, 0.4) is 0 Å². The lowest BCUT2D eigenvalue weighted by atomic mass is 10.2. The molecular formula is C14H18N2O5. The van der Waals surface area contributed by atoms with Gasteiger partial charge >= 0.3 is 12.1 Å². The highest BCUT2D eigenvalue weighted by atomic mass is 16.5. The molecular weight excluding hydrogens is 276 g/mol. The van der Waals surface area contributed by atoms with Crippen LogP contribution in [0.2, 0.25) is 0 Å². The molecule has 0 aliphatic rings. The quantitative estimate of drug-likeness (QED) is 0.777. The van der Waals surface area contributed by atoms with Crippen molar-refractivity contribution in [2.24, 2.45) is 0 Å². The zero-order valence-electron chi connectivity index (χ0n) is 11.7. The highest BCUT2D eigenvalue weighted by Gasteiger charge is 2.12. The Bertz CT molecular complexity index is 489. The van der Waals surface area contributed by atoms with E-state index in [-0.39, 0.29) is 32.0 Å². The molecule has 0 spiro atoms. The summed E-state index contributed by atoms with van der Waals surface area (Å²) in [7, 11) is 1.39. The zero-order valence-corrected chi connectivity index (χ0v) is 11.7. The third kappa shape index (κ3) is 6.95. The van der Waals surface area contributed by atoms with Crippen molar-refractivity contribution in [3.8, 4) is 0 Å². The molecule has 7 heteroatoms. The molecule has 114 valence electrons. The number of benzene rings is 1. The first-order valence-corrected chi connectivity index (χ1v) is 6.39. The van der Waals surface area contributed by atoms with Crippen molar-refractivity contribution in [1.29, 1.82) is 0 Å². The monoisotopic (exact) mass is 294 g/mol. The van der Waals surface area contributed by atoms with Crippen LogP contribution in [0.15, 0.2) is 30.3 Å². The minimum Gasteiger partial charge on any atom is -0.480 e. The molecule has 7 nitrogen and oxygen atoms in total. The molecule has 0 radical (unpaired) electrons. The van der Waals surface area contributed by atoms with E-state index in [9.17, 15) is 14.4 Å². The van der Waals surface area contributed by atoms with Gasteiger partial charge in [0.25, 0.3) is 0 Å². The highest BCUT2D eigenvalue weighted by molar-refractivity contribution is 5.81. The van der Waals surface area contributed by atoms with Gasteiger partial charge in [-0.15, -0.1) is 0 Å². The second kappa shape index (κ2) is 8.57. The van der Waals surface area contributed by atoms with Crippen LogP contribution in [0, 0.1) is 0 Å². The molecule has 2 amide bonds. The van der Waals surface area contributed by atoms with Crippen molar-refractivity contribution >= 4 is 18.0 Å². The summed E-state index contributed by atoms with van der Waals surface area (Å²) in [5, 5.41) is 11.0. The van der Waals surface area contributed by atoms with Crippen LogP contribution >= 0.6 is 0 Å². The van der Waals surface area contributed by atoms with Crippen LogP contribution in [0.1, 0.15) is 12.0 Å². The molecule has 1 aromatic carbocycles. The van der Waals surface area contributed by atoms with Crippen molar-refractivity contribution in [1.82, 2.24) is 10.2 Å². The molecule has 0 aliphatic carbocycles. The van der Waals surface area contributed by atoms with E-state index in [1.54, 1.807) is 0 Å². The number of alkyl carbamates (subject to hydrolysis) is 1. The van der Waals surface area contributed by atoms with Gasteiger partial charge < -0.3 is 20.1 Å². The second-order valence-electron chi connectivity index (χ2n) is 4.38. The Morgan fingerprint density at radius 2 is 1.90 bits per heavy atom. The summed E-state index contributed by atoms with van der Waals surface area (Å²) in [5.74, 6) is -1.44. The minimum atomic E-state index is -1.08. The molecule has 0 saturated heterocycles. The van der Waals surface area contributed by atoms with Gasteiger partial charge in [0.1, 0.15) is 13.2 Å². The molecule has 0 aliphatic heterocycles. The lowest BCUT2D eigenvalue weighted by Crippen LogP contribution is -2.35. The Morgan fingerprint density at radius 1 is 1.24 bits per heavy atom. The number of carbonyl (C=O) groups excluding carboxylic acids is 2. The number of carboxylic acid groups (broad SMARTS) is 1. The summed E-state index contributed by atoms with van der Waals surface area (Å²) in [6, 6.07) is 9.21. The third-order valence-electron chi connectivity index (χ3n) is 2.62. The number of hydrogen-bond donors (Lipinski definition) is 2. The fourth-order valence-corrected chi connectivity index (χ4v) is 1.53. The summed E-state index contributed by atoms with van der Waals surface area (Å²) < 4.78 is 4.97. The van der Waals surface area contributed by atoms with Crippen molar-refractivity contribution in [2.75, 3.05) is 20.1 Å². The van der Waals surface area contributed by atoms with Crippen molar-refractivity contribution in [3.05, 3.63) is 35.9 Å². The minimum absolute atomic E-state index is 0.0181. The lowest BCUT2D eigenvalue weighted by molar-refractivity contribution is -0.143. The van der Waals surface area contributed by atoms with E-state index < -0.39 is 12.1 Å². The molecule has 1 rings (SSSR count). The first-order valence-electron chi connectivity index (χ1n) is 6.39. The predicted octanol–water partition coefficient (Wildman–Crippen LogP) is 0.846. The van der Waals surface area contributed by atoms with Crippen LogP contribution in [0.4, 0.5) is 4.79 Å². The zero-order chi connectivity index (χ0) is 15.7. The van der Waals surface area contributed by atoms with Crippen LogP contribution in [0.25, 0.3) is 0 Å². The molecule has 1 aromatic rings. The van der Waals surface area contributed by atoms with Gasteiger partial charge in [-0.1, -0.05) is 30.3 Å². The van der Waals surface area contributed by atoms with E-state index in [0.717, 1.165) is 10.5 Å². The normalized spacial score (nSPS) is 9.76. The molecule has 0 atom stereocenters. The maximum absolute atomic E-state index is 11.5. The van der Waals surface area contributed by atoms with Crippen molar-refractivity contribution < 1.29 is 24.2 Å². The molecule has 0 bridgehead atoms. The number of rotatable bonds is 7. The van der Waals surface area contributed by atoms with Crippen molar-refractivity contribution in [3.63, 3.8) is 0 Å². The number of carbonyl (C=O) groups is 3. The van der Waals surface area contributed by atoms with Gasteiger partial charge in [0.15, 0.2) is 0 Å². The first-order chi connectivity index (χ1) is 9.99. The average Bonchev–Trinajstić information content (AvgIpc) is 2.45. The molecule has 0 unspecified atom stereocenters. The van der Waals surface area contributed by atoms with Crippen LogP contribution in [0.5, 0.6) is 0 Å². The van der Waals surface area contributed by atoms with Crippen LogP contribution in [-0.4, -0.2) is 48.1 Å². The first kappa shape index (κ1) is 16.5. The van der Waals surface area contributed by atoms with Crippen LogP contribution in [-0.2, 0) is 20.9 Å². The molecule has 0 fully saturated rings. The van der Waals surface area contributed by atoms with E-state index in [1.165, 1.54) is 7.05 Å². The number of aliphatic carboxylic acids is 1. The molecule has 0 saturated carbocycles. The Kier molecular flexibility index (Phi) is 6.73. The van der Waals surface area contributed by atoms with Crippen molar-refractivity contribution in [2.45, 2.75) is 13.0 Å². The smallest absolute Gasteiger partial charge is 0.407 e. The van der Waals surface area contributed by atoms with Gasteiger partial charge in [0.05, 0.1) is 0 Å². The fourth-order valence-electron chi connectivity index (χ4n) is 1.53. The Hall–Kier alpha value is -2.57. The fraction of sp³-hybridized carbons (Fsp3) is 0.357. The van der Waals surface area contributed by atoms with E-state index in [2.05, 4.69) is 5.32 Å². The van der Waals surface area contributed by atoms with Gasteiger partial charge in [-0.2, -0.15) is 0 Å². The number of likely N-dealkylation sites (N-methyl/N-ethyl adjacent to an activating group) is 1. The van der Waals surface area contributed by atoms with E-state index >= 15 is 0 Å². The second-order valence-corrected chi connectivity index (χ2v) is 4.38. The topological polar surface area (TPSA) is 95.9 Å².